The van der Waals surface area contributed by atoms with E-state index in [1.54, 1.807) is 5.38 Å². The number of aryl methyl sites for hydroxylation is 1. The smallest absolute Gasteiger partial charge is 0.279 e. The van der Waals surface area contributed by atoms with Crippen LogP contribution >= 0.6 is 11.3 Å². The van der Waals surface area contributed by atoms with Crippen molar-refractivity contribution in [3.8, 4) is 0 Å². The number of hydrogen-bond acceptors (Lipinski definition) is 7. The molecule has 0 aliphatic heterocycles. The number of carbonyl (C=O) groups excluding carboxylic acids is 1. The summed E-state index contributed by atoms with van der Waals surface area (Å²) in [5.41, 5.74) is -0.409. The second kappa shape index (κ2) is 6.71. The quantitative estimate of drug-likeness (QED) is 0.604. The summed E-state index contributed by atoms with van der Waals surface area (Å²) in [5, 5.41) is 24.8. The number of nitro groups is 2. The number of thiazole rings is 1. The van der Waals surface area contributed by atoms with Gasteiger partial charge in [0, 0.05) is 24.6 Å². The number of rotatable bonds is 5. The summed E-state index contributed by atoms with van der Waals surface area (Å²) in [6.45, 7) is 3.33. The first-order chi connectivity index (χ1) is 11.2. The maximum Gasteiger partial charge on any atom is 0.279 e. The van der Waals surface area contributed by atoms with E-state index in [9.17, 15) is 25.0 Å². The van der Waals surface area contributed by atoms with E-state index in [0.717, 1.165) is 17.1 Å². The largest absolute Gasteiger partial charge is 0.336 e. The molecule has 0 spiro atoms. The molecule has 0 unspecified atom stereocenters. The van der Waals surface area contributed by atoms with Crippen molar-refractivity contribution < 1.29 is 14.6 Å². The van der Waals surface area contributed by atoms with Gasteiger partial charge >= 0.3 is 0 Å². The molecule has 0 saturated heterocycles. The van der Waals surface area contributed by atoms with Crippen LogP contribution in [0, 0.1) is 34.1 Å². The minimum atomic E-state index is -0.733. The van der Waals surface area contributed by atoms with Crippen molar-refractivity contribution in [1.82, 2.24) is 9.88 Å². The zero-order chi connectivity index (χ0) is 18.0. The van der Waals surface area contributed by atoms with Crippen LogP contribution in [0.15, 0.2) is 17.5 Å². The summed E-state index contributed by atoms with van der Waals surface area (Å²) < 4.78 is 0. The van der Waals surface area contributed by atoms with E-state index in [2.05, 4.69) is 4.98 Å². The molecular weight excluding hydrogens is 336 g/mol. The lowest BCUT2D eigenvalue weighted by molar-refractivity contribution is -0.395. The summed E-state index contributed by atoms with van der Waals surface area (Å²) in [5.74, 6) is -0.549. The molecule has 24 heavy (non-hydrogen) atoms. The molecule has 9 nitrogen and oxygen atoms in total. The normalized spacial score (nSPS) is 10.5. The zero-order valence-corrected chi connectivity index (χ0v) is 14.0. The minimum Gasteiger partial charge on any atom is -0.336 e. The average Bonchev–Trinajstić information content (AvgIpc) is 2.91. The fraction of sp³-hybridized carbons (Fsp3) is 0.286. The first kappa shape index (κ1) is 17.5. The van der Waals surface area contributed by atoms with Crippen LogP contribution in [0.5, 0.6) is 0 Å². The Bertz CT molecular complexity index is 797. The number of nitrogens with zero attached hydrogens (tertiary/aromatic N) is 4. The van der Waals surface area contributed by atoms with Gasteiger partial charge in [-0.25, -0.2) is 4.98 Å². The van der Waals surface area contributed by atoms with Gasteiger partial charge in [-0.3, -0.25) is 25.0 Å². The van der Waals surface area contributed by atoms with Crippen LogP contribution in [0.25, 0.3) is 0 Å². The van der Waals surface area contributed by atoms with Crippen molar-refractivity contribution in [3.05, 3.63) is 59.6 Å². The number of carbonyl (C=O) groups is 1. The molecule has 1 amide bonds. The molecule has 0 saturated carbocycles. The van der Waals surface area contributed by atoms with E-state index in [1.165, 1.54) is 30.2 Å². The Balaban J connectivity index is 2.37. The molecule has 0 fully saturated rings. The maximum atomic E-state index is 12.5. The molecule has 0 atom stereocenters. The molecule has 2 aromatic rings. The molecule has 0 N–H and O–H groups in total. The van der Waals surface area contributed by atoms with Crippen LogP contribution in [0.2, 0.25) is 0 Å². The Kier molecular flexibility index (Phi) is 4.88. The van der Waals surface area contributed by atoms with E-state index < -0.39 is 27.1 Å². The number of hydrogen-bond donors (Lipinski definition) is 0. The van der Waals surface area contributed by atoms with Gasteiger partial charge in [0.1, 0.15) is 5.56 Å². The predicted octanol–water partition coefficient (Wildman–Crippen LogP) is 2.85. The average molecular weight is 350 g/mol. The van der Waals surface area contributed by atoms with Crippen LogP contribution in [-0.2, 0) is 6.54 Å². The summed E-state index contributed by atoms with van der Waals surface area (Å²) in [6.07, 6.45) is 0. The van der Waals surface area contributed by atoms with Gasteiger partial charge < -0.3 is 4.90 Å². The van der Waals surface area contributed by atoms with E-state index in [4.69, 9.17) is 0 Å². The maximum absolute atomic E-state index is 12.5. The summed E-state index contributed by atoms with van der Waals surface area (Å²) >= 11 is 1.44. The van der Waals surface area contributed by atoms with Crippen molar-refractivity contribution in [2.45, 2.75) is 20.4 Å². The molecule has 2 rings (SSSR count). The number of benzene rings is 1. The van der Waals surface area contributed by atoms with Crippen molar-refractivity contribution in [2.75, 3.05) is 7.05 Å². The van der Waals surface area contributed by atoms with E-state index in [-0.39, 0.29) is 17.7 Å². The van der Waals surface area contributed by atoms with Crippen molar-refractivity contribution >= 4 is 28.6 Å². The van der Waals surface area contributed by atoms with Crippen molar-refractivity contribution in [2.24, 2.45) is 0 Å². The third-order valence-corrected chi connectivity index (χ3v) is 4.23. The Hall–Kier alpha value is -2.88. The van der Waals surface area contributed by atoms with Crippen LogP contribution in [-0.4, -0.2) is 32.7 Å². The SMILES string of the molecule is Cc1nc(CN(C)C(=O)c2cc([N+](=O)[O-])c(C)c([N+](=O)[O-])c2)cs1. The lowest BCUT2D eigenvalue weighted by Crippen LogP contribution is -2.26. The molecule has 126 valence electrons. The van der Waals surface area contributed by atoms with E-state index >= 15 is 0 Å². The van der Waals surface area contributed by atoms with Gasteiger partial charge in [-0.1, -0.05) is 0 Å². The van der Waals surface area contributed by atoms with E-state index in [0.29, 0.717) is 5.69 Å². The summed E-state index contributed by atoms with van der Waals surface area (Å²) in [6, 6.07) is 2.13. The molecule has 0 aliphatic rings. The minimum absolute atomic E-state index is 0.0840. The van der Waals surface area contributed by atoms with Crippen LogP contribution < -0.4 is 0 Å². The molecule has 10 heteroatoms. The standard InChI is InChI=1S/C14H14N4O5S/c1-8-12(17(20)21)4-10(5-13(8)18(22)23)14(19)16(3)6-11-7-24-9(2)15-11/h4-5,7H,6H2,1-3H3. The Morgan fingerprint density at radius 3 is 2.17 bits per heavy atom. The third-order valence-electron chi connectivity index (χ3n) is 3.41. The number of aromatic nitrogens is 1. The second-order valence-electron chi connectivity index (χ2n) is 5.17. The Morgan fingerprint density at radius 1 is 1.21 bits per heavy atom. The van der Waals surface area contributed by atoms with Gasteiger partial charge in [0.25, 0.3) is 17.3 Å². The lowest BCUT2D eigenvalue weighted by Gasteiger charge is -2.16. The fourth-order valence-electron chi connectivity index (χ4n) is 2.20. The first-order valence-corrected chi connectivity index (χ1v) is 7.68. The molecule has 0 aliphatic carbocycles. The van der Waals surface area contributed by atoms with Gasteiger partial charge in [0.15, 0.2) is 0 Å². The zero-order valence-electron chi connectivity index (χ0n) is 13.2. The fourth-order valence-corrected chi connectivity index (χ4v) is 2.81. The van der Waals surface area contributed by atoms with Crippen LogP contribution in [0.1, 0.15) is 26.6 Å². The highest BCUT2D eigenvalue weighted by Crippen LogP contribution is 2.30. The number of nitro benzene ring substituents is 2. The summed E-state index contributed by atoms with van der Waals surface area (Å²) in [7, 11) is 1.51. The van der Waals surface area contributed by atoms with Gasteiger partial charge in [-0.2, -0.15) is 0 Å². The lowest BCUT2D eigenvalue weighted by atomic mass is 10.1. The third kappa shape index (κ3) is 3.54. The topological polar surface area (TPSA) is 119 Å². The van der Waals surface area contributed by atoms with Crippen molar-refractivity contribution in [1.29, 1.82) is 0 Å². The molecule has 1 aromatic carbocycles. The van der Waals surface area contributed by atoms with Gasteiger partial charge in [-0.05, 0) is 13.8 Å². The molecular formula is C14H14N4O5S. The van der Waals surface area contributed by atoms with Crippen LogP contribution in [0.4, 0.5) is 11.4 Å². The molecule has 1 heterocycles. The highest BCUT2D eigenvalue weighted by atomic mass is 32.1. The Morgan fingerprint density at radius 2 is 1.75 bits per heavy atom. The van der Waals surface area contributed by atoms with E-state index in [1.807, 2.05) is 6.92 Å². The van der Waals surface area contributed by atoms with Gasteiger partial charge in [0.2, 0.25) is 0 Å². The van der Waals surface area contributed by atoms with Crippen LogP contribution in [0.3, 0.4) is 0 Å². The van der Waals surface area contributed by atoms with Crippen molar-refractivity contribution in [3.63, 3.8) is 0 Å². The first-order valence-electron chi connectivity index (χ1n) is 6.80. The highest BCUT2D eigenvalue weighted by molar-refractivity contribution is 7.09. The number of amides is 1. The monoisotopic (exact) mass is 350 g/mol. The Labute approximate surface area is 140 Å². The van der Waals surface area contributed by atoms with Gasteiger partial charge in [0.05, 0.1) is 32.7 Å². The molecule has 1 aromatic heterocycles. The highest BCUT2D eigenvalue weighted by Gasteiger charge is 2.26. The predicted molar refractivity (Wildman–Crippen MR) is 87.1 cm³/mol. The summed E-state index contributed by atoms with van der Waals surface area (Å²) in [4.78, 5) is 38.7. The second-order valence-corrected chi connectivity index (χ2v) is 6.24. The van der Waals surface area contributed by atoms with Gasteiger partial charge in [-0.15, -0.1) is 11.3 Å². The molecule has 0 radical (unpaired) electrons. The molecule has 0 bridgehead atoms.